The van der Waals surface area contributed by atoms with Gasteiger partial charge in [-0.15, -0.1) is 0 Å². The molecule has 3 heterocycles. The predicted molar refractivity (Wildman–Crippen MR) is 116 cm³/mol. The zero-order valence-electron chi connectivity index (χ0n) is 17.1. The fourth-order valence-corrected chi connectivity index (χ4v) is 5.36. The Hall–Kier alpha value is -2.43. The molecule has 2 aromatic rings. The Labute approximate surface area is 182 Å². The second-order valence-corrected chi connectivity index (χ2v) is 9.45. The van der Waals surface area contributed by atoms with Gasteiger partial charge in [-0.3, -0.25) is 9.36 Å². The highest BCUT2D eigenvalue weighted by Gasteiger charge is 2.47. The maximum atomic E-state index is 11.0. The topological polar surface area (TPSA) is 183 Å². The van der Waals surface area contributed by atoms with Gasteiger partial charge in [0, 0.05) is 23.7 Å². The van der Waals surface area contributed by atoms with Crippen molar-refractivity contribution in [2.45, 2.75) is 50.3 Å². The first-order valence-corrected chi connectivity index (χ1v) is 11.6. The van der Waals surface area contributed by atoms with Gasteiger partial charge in [0.15, 0.2) is 23.4 Å². The molecule has 1 fully saturated rings. The molecule has 1 aliphatic rings. The van der Waals surface area contributed by atoms with Crippen molar-refractivity contribution in [2.24, 2.45) is 5.73 Å². The molecule has 6 atom stereocenters. The number of nitrogen functional groups attached to an aromatic ring is 1. The number of rotatable bonds is 8. The fourth-order valence-electron chi connectivity index (χ4n) is 3.29. The molecule has 7 N–H and O–H groups in total. The van der Waals surface area contributed by atoms with Crippen LogP contribution >= 0.6 is 0 Å². The van der Waals surface area contributed by atoms with Gasteiger partial charge in [-0.25, -0.2) is 15.0 Å². The van der Waals surface area contributed by atoms with Gasteiger partial charge < -0.3 is 31.5 Å². The van der Waals surface area contributed by atoms with Crippen LogP contribution in [0.3, 0.4) is 0 Å². The van der Waals surface area contributed by atoms with Crippen LogP contribution in [0.4, 0.5) is 5.82 Å². The Balaban J connectivity index is 1.74. The number of imidazole rings is 1. The quantitative estimate of drug-likeness (QED) is 0.243. The number of nitrogens with zero attached hydrogens (tertiary/aromatic N) is 4. The summed E-state index contributed by atoms with van der Waals surface area (Å²) in [5.41, 5.74) is 12.2. The lowest BCUT2D eigenvalue weighted by Crippen LogP contribution is -2.38. The van der Waals surface area contributed by atoms with Crippen LogP contribution in [-0.2, 0) is 20.4 Å². The Morgan fingerprint density at radius 3 is 2.81 bits per heavy atom. The van der Waals surface area contributed by atoms with Crippen LogP contribution in [0.25, 0.3) is 11.2 Å². The molecular formula is C19H27N6O5S+. The number of fused-ring (bicyclic) bond motifs is 1. The summed E-state index contributed by atoms with van der Waals surface area (Å²) in [7, 11) is -0.365. The number of aliphatic hydroxyl groups is 2. The Morgan fingerprint density at radius 2 is 2.10 bits per heavy atom. The summed E-state index contributed by atoms with van der Waals surface area (Å²) in [5, 5.41) is 30.3. The predicted octanol–water partition coefficient (Wildman–Crippen LogP) is -1.14. The molecule has 0 saturated carbocycles. The number of carbonyl (C=O) groups is 1. The first-order chi connectivity index (χ1) is 14.8. The minimum atomic E-state index is -1.20. The molecule has 0 aliphatic carbocycles. The Morgan fingerprint density at radius 1 is 1.32 bits per heavy atom. The number of aliphatic carboxylic acids is 1. The lowest BCUT2D eigenvalue weighted by Gasteiger charge is -2.16. The van der Waals surface area contributed by atoms with Gasteiger partial charge in [-0.1, -0.05) is 12.8 Å². The van der Waals surface area contributed by atoms with Crippen molar-refractivity contribution in [3.8, 4) is 11.8 Å². The molecule has 0 amide bonds. The van der Waals surface area contributed by atoms with Gasteiger partial charge in [0.25, 0.3) is 0 Å². The third kappa shape index (κ3) is 5.25. The van der Waals surface area contributed by atoms with E-state index in [4.69, 9.17) is 21.3 Å². The lowest BCUT2D eigenvalue weighted by atomic mass is 10.1. The van der Waals surface area contributed by atoms with Crippen LogP contribution in [0.1, 0.15) is 26.0 Å². The number of carboxylic acids is 1. The number of nitrogens with two attached hydrogens (primary N) is 2. The minimum Gasteiger partial charge on any atom is -0.480 e. The maximum absolute atomic E-state index is 11.0. The van der Waals surface area contributed by atoms with E-state index >= 15 is 0 Å². The largest absolute Gasteiger partial charge is 0.480 e. The van der Waals surface area contributed by atoms with Crippen molar-refractivity contribution in [3.05, 3.63) is 12.7 Å². The van der Waals surface area contributed by atoms with Crippen molar-refractivity contribution in [1.29, 1.82) is 0 Å². The van der Waals surface area contributed by atoms with Crippen LogP contribution < -0.4 is 11.5 Å². The number of carboxylic acid groups (broad SMARTS) is 1. The van der Waals surface area contributed by atoms with Crippen molar-refractivity contribution in [2.75, 3.05) is 23.0 Å². The van der Waals surface area contributed by atoms with Gasteiger partial charge >= 0.3 is 5.97 Å². The molecule has 1 aliphatic heterocycles. The van der Waals surface area contributed by atoms with E-state index in [0.29, 0.717) is 41.3 Å². The first-order valence-electron chi connectivity index (χ1n) is 9.86. The average molecular weight is 452 g/mol. The smallest absolute Gasteiger partial charge is 0.320 e. The molecule has 1 saturated heterocycles. The molecule has 11 nitrogen and oxygen atoms in total. The van der Waals surface area contributed by atoms with E-state index in [1.807, 2.05) is 6.92 Å². The van der Waals surface area contributed by atoms with E-state index < -0.39 is 36.6 Å². The van der Waals surface area contributed by atoms with Gasteiger partial charge in [0.2, 0.25) is 0 Å². The summed E-state index contributed by atoms with van der Waals surface area (Å²) >= 11 is 0. The van der Waals surface area contributed by atoms with Crippen molar-refractivity contribution in [3.63, 3.8) is 0 Å². The van der Waals surface area contributed by atoms with Gasteiger partial charge in [0.05, 0.1) is 6.33 Å². The maximum Gasteiger partial charge on any atom is 0.320 e. The monoisotopic (exact) mass is 451 g/mol. The van der Waals surface area contributed by atoms with E-state index in [1.54, 1.807) is 0 Å². The first kappa shape index (κ1) is 23.2. The van der Waals surface area contributed by atoms with E-state index in [1.165, 1.54) is 17.2 Å². The number of anilines is 1. The van der Waals surface area contributed by atoms with Crippen molar-refractivity contribution >= 4 is 33.8 Å². The van der Waals surface area contributed by atoms with Crippen LogP contribution in [0.15, 0.2) is 12.7 Å². The highest BCUT2D eigenvalue weighted by Crippen LogP contribution is 2.32. The summed E-state index contributed by atoms with van der Waals surface area (Å²) in [4.78, 5) is 23.3. The van der Waals surface area contributed by atoms with E-state index in [2.05, 4.69) is 26.8 Å². The Bertz CT molecular complexity index is 976. The fraction of sp³-hybridized carbons (Fsp3) is 0.579. The number of aromatic nitrogens is 4. The number of ether oxygens (including phenoxy) is 1. The second kappa shape index (κ2) is 10.3. The highest BCUT2D eigenvalue weighted by atomic mass is 32.2. The van der Waals surface area contributed by atoms with Crippen LogP contribution in [0, 0.1) is 11.8 Å². The third-order valence-corrected chi connectivity index (χ3v) is 7.18. The molecule has 1 unspecified atom stereocenters. The third-order valence-electron chi connectivity index (χ3n) is 5.01. The van der Waals surface area contributed by atoms with E-state index in [-0.39, 0.29) is 16.7 Å². The molecule has 168 valence electrons. The normalized spacial score (nSPS) is 25.2. The summed E-state index contributed by atoms with van der Waals surface area (Å²) < 4.78 is 7.53. The molecule has 2 aromatic heterocycles. The second-order valence-electron chi connectivity index (χ2n) is 7.20. The Kier molecular flexibility index (Phi) is 7.69. The molecule has 3 rings (SSSR count). The summed E-state index contributed by atoms with van der Waals surface area (Å²) in [6, 6.07) is -0.954. The molecule has 12 heteroatoms. The zero-order valence-corrected chi connectivity index (χ0v) is 17.9. The molecule has 0 spiro atoms. The van der Waals surface area contributed by atoms with E-state index in [9.17, 15) is 15.0 Å². The van der Waals surface area contributed by atoms with Gasteiger partial charge in [-0.05, 0) is 5.92 Å². The van der Waals surface area contributed by atoms with Crippen LogP contribution in [-0.4, -0.2) is 82.4 Å². The molecule has 0 radical (unpaired) electrons. The molecule has 0 bridgehead atoms. The average Bonchev–Trinajstić information content (AvgIpc) is 3.29. The summed E-state index contributed by atoms with van der Waals surface area (Å²) in [5.74, 6) is 6.76. The zero-order chi connectivity index (χ0) is 22.5. The van der Waals surface area contributed by atoms with Gasteiger partial charge in [-0.2, -0.15) is 0 Å². The van der Waals surface area contributed by atoms with Crippen LogP contribution in [0.2, 0.25) is 0 Å². The number of aliphatic hydroxyl groups excluding tert-OH is 2. The SMILES string of the molecule is CCC#CC[S+](CC[C@H](N)C(=O)O)C[C@H]1O[C@@H](n2cnc3c(N)ncnc32)[C@H](O)[C@@H]1O. The van der Waals surface area contributed by atoms with Gasteiger partial charge in [0.1, 0.15) is 47.7 Å². The standard InChI is InChI=1S/C19H26N6O5S/c1-2-3-4-6-31(7-5-11(20)19(28)29)8-12-14(26)15(27)18(30-12)25-10-24-13-16(21)22-9-23-17(13)25/h9-12,14-15,18,26-27H,2,5-8,20H2,1H3,(H2-,21,22,23,28,29)/p+1/t11-,12+,14+,15+,18+,31?/m0/s1. The van der Waals surface area contributed by atoms with E-state index in [0.717, 1.165) is 0 Å². The van der Waals surface area contributed by atoms with Crippen LogP contribution in [0.5, 0.6) is 0 Å². The molecule has 31 heavy (non-hydrogen) atoms. The number of hydrogen-bond donors (Lipinski definition) is 5. The van der Waals surface area contributed by atoms with Crippen molar-refractivity contribution in [1.82, 2.24) is 19.5 Å². The highest BCUT2D eigenvalue weighted by molar-refractivity contribution is 7.97. The summed E-state index contributed by atoms with van der Waals surface area (Å²) in [6.45, 7) is 1.95. The molecule has 0 aromatic carbocycles. The number of hydrogen-bond acceptors (Lipinski definition) is 9. The van der Waals surface area contributed by atoms with Crippen molar-refractivity contribution < 1.29 is 24.9 Å². The minimum absolute atomic E-state index is 0.208. The summed E-state index contributed by atoms with van der Waals surface area (Å²) in [6.07, 6.45) is -0.150. The lowest BCUT2D eigenvalue weighted by molar-refractivity contribution is -0.138. The molecular weight excluding hydrogens is 424 g/mol.